The SMILES string of the molecule is CCOc1ncccc1C(=O)OC/C(O)=C(/C#N)c1nc2ccccc2[nH]1. The van der Waals surface area contributed by atoms with Crippen LogP contribution in [0, 0.1) is 11.3 Å². The number of rotatable bonds is 6. The molecular weight excluding hydrogens is 348 g/mol. The standard InChI is InChI=1S/C19H16N4O4/c1-2-26-18-12(6-5-9-21-18)19(25)27-11-16(24)13(10-20)17-22-14-7-3-4-8-15(14)23-17/h3-9,24H,2,11H2,1H3,(H,22,23)/b16-13+. The average Bonchev–Trinajstić information content (AvgIpc) is 3.11. The molecule has 8 nitrogen and oxygen atoms in total. The van der Waals surface area contributed by atoms with Crippen molar-refractivity contribution in [1.29, 1.82) is 5.26 Å². The number of ether oxygens (including phenoxy) is 2. The highest BCUT2D eigenvalue weighted by Gasteiger charge is 2.18. The van der Waals surface area contributed by atoms with E-state index in [4.69, 9.17) is 9.47 Å². The fraction of sp³-hybridized carbons (Fsp3) is 0.158. The summed E-state index contributed by atoms with van der Waals surface area (Å²) in [7, 11) is 0. The molecule has 3 aromatic rings. The van der Waals surface area contributed by atoms with Crippen LogP contribution in [0.25, 0.3) is 16.6 Å². The highest BCUT2D eigenvalue weighted by molar-refractivity contribution is 5.92. The fourth-order valence-corrected chi connectivity index (χ4v) is 2.41. The van der Waals surface area contributed by atoms with E-state index in [1.54, 1.807) is 25.1 Å². The Hall–Kier alpha value is -3.86. The summed E-state index contributed by atoms with van der Waals surface area (Å²) in [5.41, 5.74) is 1.41. The molecule has 0 amide bonds. The number of carbonyl (C=O) groups is 1. The monoisotopic (exact) mass is 364 g/mol. The molecule has 2 N–H and O–H groups in total. The maximum atomic E-state index is 12.3. The Labute approximate surface area is 154 Å². The van der Waals surface area contributed by atoms with Gasteiger partial charge in [0.25, 0.3) is 0 Å². The van der Waals surface area contributed by atoms with Crippen molar-refractivity contribution < 1.29 is 19.4 Å². The van der Waals surface area contributed by atoms with Crippen LogP contribution in [0.4, 0.5) is 0 Å². The number of esters is 1. The summed E-state index contributed by atoms with van der Waals surface area (Å²) in [6.07, 6.45) is 1.49. The number of aromatic amines is 1. The third kappa shape index (κ3) is 3.88. The highest BCUT2D eigenvalue weighted by atomic mass is 16.5. The lowest BCUT2D eigenvalue weighted by molar-refractivity contribution is 0.0497. The Morgan fingerprint density at radius 1 is 1.30 bits per heavy atom. The molecule has 0 bridgehead atoms. The van der Waals surface area contributed by atoms with Crippen molar-refractivity contribution in [2.75, 3.05) is 13.2 Å². The van der Waals surface area contributed by atoms with Crippen LogP contribution >= 0.6 is 0 Å². The molecule has 0 saturated carbocycles. The van der Waals surface area contributed by atoms with Crippen molar-refractivity contribution in [2.45, 2.75) is 6.92 Å². The molecular formula is C19H16N4O4. The number of nitrogens with zero attached hydrogens (tertiary/aromatic N) is 3. The smallest absolute Gasteiger partial charge is 0.344 e. The second-order valence-electron chi connectivity index (χ2n) is 5.40. The molecule has 0 fully saturated rings. The summed E-state index contributed by atoms with van der Waals surface area (Å²) in [6, 6.07) is 12.2. The molecule has 2 aromatic heterocycles. The van der Waals surface area contributed by atoms with Gasteiger partial charge in [0, 0.05) is 6.20 Å². The van der Waals surface area contributed by atoms with Gasteiger partial charge < -0.3 is 19.6 Å². The first kappa shape index (κ1) is 17.9. The van der Waals surface area contributed by atoms with Crippen molar-refractivity contribution in [3.63, 3.8) is 0 Å². The number of carbonyl (C=O) groups excluding carboxylic acids is 1. The molecule has 0 unspecified atom stereocenters. The van der Waals surface area contributed by atoms with E-state index in [-0.39, 0.29) is 22.8 Å². The van der Waals surface area contributed by atoms with E-state index in [9.17, 15) is 15.2 Å². The number of para-hydroxylation sites is 2. The molecule has 0 aliphatic carbocycles. The Morgan fingerprint density at radius 3 is 2.85 bits per heavy atom. The van der Waals surface area contributed by atoms with Crippen molar-refractivity contribution in [3.05, 3.63) is 59.7 Å². The molecule has 8 heteroatoms. The first-order chi connectivity index (χ1) is 13.1. The van der Waals surface area contributed by atoms with E-state index in [2.05, 4.69) is 15.0 Å². The zero-order chi connectivity index (χ0) is 19.2. The summed E-state index contributed by atoms with van der Waals surface area (Å²) >= 11 is 0. The summed E-state index contributed by atoms with van der Waals surface area (Å²) in [6.45, 7) is 1.62. The number of aromatic nitrogens is 3. The van der Waals surface area contributed by atoms with E-state index >= 15 is 0 Å². The van der Waals surface area contributed by atoms with Gasteiger partial charge in [-0.3, -0.25) is 0 Å². The maximum Gasteiger partial charge on any atom is 0.344 e. The second-order valence-corrected chi connectivity index (χ2v) is 5.40. The van der Waals surface area contributed by atoms with Crippen LogP contribution in [0.1, 0.15) is 23.1 Å². The van der Waals surface area contributed by atoms with Gasteiger partial charge in [0.2, 0.25) is 5.88 Å². The largest absolute Gasteiger partial charge is 0.507 e. The first-order valence-electron chi connectivity index (χ1n) is 8.16. The molecule has 1 aromatic carbocycles. The van der Waals surface area contributed by atoms with E-state index < -0.39 is 18.3 Å². The van der Waals surface area contributed by atoms with Gasteiger partial charge in [0.05, 0.1) is 17.6 Å². The molecule has 0 spiro atoms. The Morgan fingerprint density at radius 2 is 2.11 bits per heavy atom. The third-order valence-electron chi connectivity index (χ3n) is 3.64. The molecule has 0 aliphatic rings. The number of fused-ring (bicyclic) bond motifs is 1. The number of imidazole rings is 1. The minimum absolute atomic E-state index is 0.102. The van der Waals surface area contributed by atoms with Crippen molar-refractivity contribution >= 4 is 22.6 Å². The number of aliphatic hydroxyl groups is 1. The topological polar surface area (TPSA) is 121 Å². The Balaban J connectivity index is 1.79. The summed E-state index contributed by atoms with van der Waals surface area (Å²) < 4.78 is 10.4. The average molecular weight is 364 g/mol. The van der Waals surface area contributed by atoms with E-state index in [0.29, 0.717) is 12.1 Å². The van der Waals surface area contributed by atoms with Gasteiger partial charge in [0.1, 0.15) is 23.8 Å². The number of allylic oxidation sites excluding steroid dienone is 1. The summed E-state index contributed by atoms with van der Waals surface area (Å²) in [4.78, 5) is 23.4. The molecule has 0 radical (unpaired) electrons. The van der Waals surface area contributed by atoms with Gasteiger partial charge in [0.15, 0.2) is 11.6 Å². The molecule has 136 valence electrons. The van der Waals surface area contributed by atoms with E-state index in [1.165, 1.54) is 12.3 Å². The first-order valence-corrected chi connectivity index (χ1v) is 8.16. The van der Waals surface area contributed by atoms with Crippen LogP contribution < -0.4 is 4.74 Å². The zero-order valence-electron chi connectivity index (χ0n) is 14.5. The molecule has 0 saturated heterocycles. The zero-order valence-corrected chi connectivity index (χ0v) is 14.5. The molecule has 2 heterocycles. The lowest BCUT2D eigenvalue weighted by Gasteiger charge is -2.09. The summed E-state index contributed by atoms with van der Waals surface area (Å²) in [5.74, 6) is -0.790. The van der Waals surface area contributed by atoms with Gasteiger partial charge in [-0.05, 0) is 31.2 Å². The number of H-pyrrole nitrogens is 1. The number of nitrogens with one attached hydrogen (secondary N) is 1. The number of nitriles is 1. The quantitative estimate of drug-likeness (QED) is 0.392. The van der Waals surface area contributed by atoms with Crippen LogP contribution in [0.15, 0.2) is 48.4 Å². The Bertz CT molecular complexity index is 1020. The van der Waals surface area contributed by atoms with Crippen molar-refractivity contribution in [3.8, 4) is 11.9 Å². The third-order valence-corrected chi connectivity index (χ3v) is 3.64. The maximum absolute atomic E-state index is 12.3. The van der Waals surface area contributed by atoms with Crippen molar-refractivity contribution in [2.24, 2.45) is 0 Å². The number of hydrogen-bond donors (Lipinski definition) is 2. The molecule has 0 aliphatic heterocycles. The van der Waals surface area contributed by atoms with Gasteiger partial charge in [-0.25, -0.2) is 14.8 Å². The van der Waals surface area contributed by atoms with Crippen molar-refractivity contribution in [1.82, 2.24) is 15.0 Å². The number of aliphatic hydroxyl groups excluding tert-OH is 1. The van der Waals surface area contributed by atoms with Gasteiger partial charge >= 0.3 is 5.97 Å². The highest BCUT2D eigenvalue weighted by Crippen LogP contribution is 2.20. The fourth-order valence-electron chi connectivity index (χ4n) is 2.41. The second kappa shape index (κ2) is 8.01. The van der Waals surface area contributed by atoms with Crippen LogP contribution in [0.2, 0.25) is 0 Å². The lowest BCUT2D eigenvalue weighted by Crippen LogP contribution is -2.11. The molecule has 0 atom stereocenters. The minimum Gasteiger partial charge on any atom is -0.507 e. The molecule has 27 heavy (non-hydrogen) atoms. The minimum atomic E-state index is -0.722. The summed E-state index contributed by atoms with van der Waals surface area (Å²) in [5, 5.41) is 19.6. The lowest BCUT2D eigenvalue weighted by atomic mass is 10.2. The normalized spacial score (nSPS) is 11.6. The van der Waals surface area contributed by atoms with Crippen LogP contribution in [-0.2, 0) is 4.74 Å². The molecule has 3 rings (SSSR count). The van der Waals surface area contributed by atoms with Gasteiger partial charge in [-0.1, -0.05) is 12.1 Å². The predicted molar refractivity (Wildman–Crippen MR) is 96.9 cm³/mol. The van der Waals surface area contributed by atoms with E-state index in [1.807, 2.05) is 18.2 Å². The van der Waals surface area contributed by atoms with Gasteiger partial charge in [-0.15, -0.1) is 0 Å². The van der Waals surface area contributed by atoms with Crippen LogP contribution in [0.3, 0.4) is 0 Å². The predicted octanol–water partition coefficient (Wildman–Crippen LogP) is 3.01. The number of benzene rings is 1. The van der Waals surface area contributed by atoms with Gasteiger partial charge in [-0.2, -0.15) is 5.26 Å². The van der Waals surface area contributed by atoms with Crippen LogP contribution in [-0.4, -0.2) is 39.2 Å². The van der Waals surface area contributed by atoms with Crippen LogP contribution in [0.5, 0.6) is 5.88 Å². The number of hydrogen-bond acceptors (Lipinski definition) is 7. The Kier molecular flexibility index (Phi) is 5.33. The van der Waals surface area contributed by atoms with E-state index in [0.717, 1.165) is 5.52 Å². The number of pyridine rings is 1.